The summed E-state index contributed by atoms with van der Waals surface area (Å²) in [5.74, 6) is 0.955. The number of nitrogens with two attached hydrogens (primary N) is 1. The fraction of sp³-hybridized carbons (Fsp3) is 0.286. The first kappa shape index (κ1) is 22.6. The molecule has 1 aliphatic rings. The molecule has 3 aromatic carbocycles. The summed E-state index contributed by atoms with van der Waals surface area (Å²) in [6.07, 6.45) is 2.09. The quantitative estimate of drug-likeness (QED) is 0.303. The highest BCUT2D eigenvalue weighted by molar-refractivity contribution is 5.94. The van der Waals surface area contributed by atoms with Gasteiger partial charge in [-0.3, -0.25) is 4.79 Å². The number of amides is 1. The van der Waals surface area contributed by atoms with Gasteiger partial charge in [-0.15, -0.1) is 0 Å². The van der Waals surface area contributed by atoms with Gasteiger partial charge in [-0.1, -0.05) is 48.5 Å². The van der Waals surface area contributed by atoms with E-state index in [-0.39, 0.29) is 17.8 Å². The third-order valence-electron chi connectivity index (χ3n) is 6.19. The molecule has 0 fully saturated rings. The van der Waals surface area contributed by atoms with E-state index < -0.39 is 6.09 Å². The fourth-order valence-corrected chi connectivity index (χ4v) is 4.62. The second kappa shape index (κ2) is 10.3. The smallest absolute Gasteiger partial charge is 0.404 e. The first-order valence-corrected chi connectivity index (χ1v) is 11.4. The predicted octanol–water partition coefficient (Wildman–Crippen LogP) is 6.10. The molecule has 33 heavy (non-hydrogen) atoms. The molecule has 0 heterocycles. The van der Waals surface area contributed by atoms with E-state index in [0.717, 1.165) is 25.0 Å². The Labute approximate surface area is 194 Å². The lowest BCUT2D eigenvalue weighted by Crippen LogP contribution is -2.24. The van der Waals surface area contributed by atoms with Gasteiger partial charge >= 0.3 is 6.09 Å². The molecule has 0 saturated carbocycles. The lowest BCUT2D eigenvalue weighted by Gasteiger charge is -2.22. The molecule has 0 saturated heterocycles. The van der Waals surface area contributed by atoms with Gasteiger partial charge in [0.15, 0.2) is 5.78 Å². The van der Waals surface area contributed by atoms with Crippen LogP contribution in [-0.4, -0.2) is 24.6 Å². The largest absolute Gasteiger partial charge is 0.494 e. The molecule has 1 atom stereocenters. The van der Waals surface area contributed by atoms with Crippen molar-refractivity contribution in [1.29, 1.82) is 0 Å². The maximum atomic E-state index is 11.6. The van der Waals surface area contributed by atoms with E-state index in [1.54, 1.807) is 19.1 Å². The number of Topliss-reactive ketones (excluding diaryl/α,β-unsaturated/α-hetero) is 1. The van der Waals surface area contributed by atoms with Crippen molar-refractivity contribution in [1.82, 2.24) is 0 Å². The molecule has 1 amide bonds. The van der Waals surface area contributed by atoms with Crippen LogP contribution in [0.4, 0.5) is 4.79 Å². The normalized spacial score (nSPS) is 13.1. The molecule has 0 aliphatic heterocycles. The summed E-state index contributed by atoms with van der Waals surface area (Å²) < 4.78 is 11.3. The molecule has 1 aliphatic carbocycles. The van der Waals surface area contributed by atoms with E-state index in [1.807, 2.05) is 12.1 Å². The minimum absolute atomic E-state index is 0.0366. The fourth-order valence-electron chi connectivity index (χ4n) is 4.62. The van der Waals surface area contributed by atoms with Crippen LogP contribution in [0, 0.1) is 0 Å². The molecule has 5 nitrogen and oxygen atoms in total. The number of carbonyl (C=O) groups is 2. The van der Waals surface area contributed by atoms with Crippen LogP contribution in [0.25, 0.3) is 11.1 Å². The highest BCUT2D eigenvalue weighted by Gasteiger charge is 2.31. The zero-order valence-electron chi connectivity index (χ0n) is 18.8. The van der Waals surface area contributed by atoms with Crippen LogP contribution < -0.4 is 10.5 Å². The predicted molar refractivity (Wildman–Crippen MR) is 129 cm³/mol. The minimum Gasteiger partial charge on any atom is -0.494 e. The molecule has 4 rings (SSSR count). The first-order chi connectivity index (χ1) is 16.0. The summed E-state index contributed by atoms with van der Waals surface area (Å²) in [4.78, 5) is 22.9. The number of carbonyl (C=O) groups excluding carboxylic acids is 2. The average molecular weight is 444 g/mol. The standard InChI is InChI=1S/C28H29NO4/c1-19(30)20-13-15-21(16-14-20)32-17-7-6-8-22(33-28(29)31)18-27-25-11-4-2-9-23(25)24-10-3-5-12-26(24)27/h2-5,9-16,22,27H,6-8,17-18H2,1H3,(H2,29,31). The number of fused-ring (bicyclic) bond motifs is 3. The van der Waals surface area contributed by atoms with Crippen molar-refractivity contribution in [3.8, 4) is 16.9 Å². The molecule has 0 spiro atoms. The minimum atomic E-state index is -0.735. The van der Waals surface area contributed by atoms with Gasteiger partial charge in [0, 0.05) is 11.5 Å². The van der Waals surface area contributed by atoms with Crippen LogP contribution >= 0.6 is 0 Å². The van der Waals surface area contributed by atoms with Gasteiger partial charge in [0.1, 0.15) is 11.9 Å². The second-order valence-corrected chi connectivity index (χ2v) is 8.45. The van der Waals surface area contributed by atoms with Crippen molar-refractivity contribution in [3.63, 3.8) is 0 Å². The molecule has 1 unspecified atom stereocenters. The summed E-state index contributed by atoms with van der Waals surface area (Å²) in [6.45, 7) is 2.10. The van der Waals surface area contributed by atoms with E-state index in [1.165, 1.54) is 22.3 Å². The Morgan fingerprint density at radius 3 is 2.06 bits per heavy atom. The molecular formula is C28H29NO4. The van der Waals surface area contributed by atoms with E-state index in [9.17, 15) is 9.59 Å². The molecular weight excluding hydrogens is 414 g/mol. The Morgan fingerprint density at radius 2 is 1.48 bits per heavy atom. The van der Waals surface area contributed by atoms with Gasteiger partial charge in [-0.05, 0) is 79.1 Å². The van der Waals surface area contributed by atoms with E-state index in [0.29, 0.717) is 18.6 Å². The third-order valence-corrected chi connectivity index (χ3v) is 6.19. The number of benzene rings is 3. The van der Waals surface area contributed by atoms with Crippen LogP contribution in [0.2, 0.25) is 0 Å². The van der Waals surface area contributed by atoms with Crippen molar-refractivity contribution in [2.45, 2.75) is 44.6 Å². The number of hydrogen-bond donors (Lipinski definition) is 1. The average Bonchev–Trinajstić information content (AvgIpc) is 3.12. The van der Waals surface area contributed by atoms with Crippen molar-refractivity contribution in [2.75, 3.05) is 6.61 Å². The van der Waals surface area contributed by atoms with Gasteiger partial charge in [0.05, 0.1) is 6.61 Å². The van der Waals surface area contributed by atoms with Gasteiger partial charge in [0.2, 0.25) is 0 Å². The number of ketones is 1. The second-order valence-electron chi connectivity index (χ2n) is 8.45. The highest BCUT2D eigenvalue weighted by atomic mass is 16.6. The van der Waals surface area contributed by atoms with E-state index >= 15 is 0 Å². The molecule has 2 N–H and O–H groups in total. The molecule has 170 valence electrons. The van der Waals surface area contributed by atoms with Crippen LogP contribution in [0.15, 0.2) is 72.8 Å². The van der Waals surface area contributed by atoms with Gasteiger partial charge in [-0.2, -0.15) is 0 Å². The summed E-state index contributed by atoms with van der Waals surface area (Å²) in [5.41, 5.74) is 11.1. The Balaban J connectivity index is 1.34. The Bertz CT molecular complexity index is 1080. The van der Waals surface area contributed by atoms with Gasteiger partial charge < -0.3 is 15.2 Å². The van der Waals surface area contributed by atoms with Crippen molar-refractivity contribution in [2.24, 2.45) is 5.73 Å². The Kier molecular flexibility index (Phi) is 7.08. The summed E-state index contributed by atoms with van der Waals surface area (Å²) in [7, 11) is 0. The zero-order chi connectivity index (χ0) is 23.2. The molecule has 5 heteroatoms. The lowest BCUT2D eigenvalue weighted by molar-refractivity contribution is 0.0909. The number of primary amides is 1. The SMILES string of the molecule is CC(=O)c1ccc(OCCCCC(CC2c3ccccc3-c3ccccc32)OC(N)=O)cc1. The number of ether oxygens (including phenoxy) is 2. The summed E-state index contributed by atoms with van der Waals surface area (Å²) >= 11 is 0. The third kappa shape index (κ3) is 5.43. The van der Waals surface area contributed by atoms with Crippen molar-refractivity contribution in [3.05, 3.63) is 89.5 Å². The maximum Gasteiger partial charge on any atom is 0.404 e. The summed E-state index contributed by atoms with van der Waals surface area (Å²) in [6, 6.07) is 24.0. The van der Waals surface area contributed by atoms with Crippen molar-refractivity contribution >= 4 is 11.9 Å². The molecule has 0 bridgehead atoms. The number of rotatable bonds is 10. The van der Waals surface area contributed by atoms with Gasteiger partial charge in [-0.25, -0.2) is 4.79 Å². The highest BCUT2D eigenvalue weighted by Crippen LogP contribution is 2.47. The van der Waals surface area contributed by atoms with E-state index in [2.05, 4.69) is 48.5 Å². The lowest BCUT2D eigenvalue weighted by atomic mass is 9.89. The molecule has 3 aromatic rings. The van der Waals surface area contributed by atoms with Crippen LogP contribution in [-0.2, 0) is 4.74 Å². The maximum absolute atomic E-state index is 11.6. The van der Waals surface area contributed by atoms with Gasteiger partial charge in [0.25, 0.3) is 0 Å². The molecule has 0 aromatic heterocycles. The first-order valence-electron chi connectivity index (χ1n) is 11.4. The Morgan fingerprint density at radius 1 is 0.879 bits per heavy atom. The number of hydrogen-bond acceptors (Lipinski definition) is 4. The Hall–Kier alpha value is -3.60. The zero-order valence-corrected chi connectivity index (χ0v) is 18.8. The van der Waals surface area contributed by atoms with Crippen molar-refractivity contribution < 1.29 is 19.1 Å². The van der Waals surface area contributed by atoms with E-state index in [4.69, 9.17) is 15.2 Å². The number of unbranched alkanes of at least 4 members (excludes halogenated alkanes) is 1. The topological polar surface area (TPSA) is 78.6 Å². The van der Waals surface area contributed by atoms with Crippen LogP contribution in [0.1, 0.15) is 60.0 Å². The molecule has 0 radical (unpaired) electrons. The van der Waals surface area contributed by atoms with Crippen LogP contribution in [0.3, 0.4) is 0 Å². The summed E-state index contributed by atoms with van der Waals surface area (Å²) in [5, 5.41) is 0. The monoisotopic (exact) mass is 443 g/mol. The van der Waals surface area contributed by atoms with Crippen LogP contribution in [0.5, 0.6) is 5.75 Å².